The maximum atomic E-state index is 6.29. The Labute approximate surface area is 191 Å². The maximum absolute atomic E-state index is 6.29. The van der Waals surface area contributed by atoms with Crippen LogP contribution >= 0.6 is 23.4 Å². The van der Waals surface area contributed by atoms with Gasteiger partial charge in [0, 0.05) is 22.0 Å². The number of nitrogens with zero attached hydrogens (tertiary/aromatic N) is 2. The lowest BCUT2D eigenvalue weighted by atomic mass is 10.0. The van der Waals surface area contributed by atoms with Gasteiger partial charge in [-0.3, -0.25) is 0 Å². The summed E-state index contributed by atoms with van der Waals surface area (Å²) in [5.74, 6) is 2.11. The lowest BCUT2D eigenvalue weighted by Crippen LogP contribution is -2.02. The van der Waals surface area contributed by atoms with Gasteiger partial charge >= 0.3 is 0 Å². The van der Waals surface area contributed by atoms with Gasteiger partial charge in [-0.15, -0.1) is 11.8 Å². The first kappa shape index (κ1) is 20.2. The van der Waals surface area contributed by atoms with Crippen molar-refractivity contribution in [3.05, 3.63) is 95.5 Å². The van der Waals surface area contributed by atoms with Gasteiger partial charge in [-0.25, -0.2) is 4.98 Å². The van der Waals surface area contributed by atoms with Crippen LogP contribution in [0.3, 0.4) is 0 Å². The van der Waals surface area contributed by atoms with E-state index < -0.39 is 0 Å². The summed E-state index contributed by atoms with van der Waals surface area (Å²) in [4.78, 5) is 6.38. The molecule has 0 amide bonds. The second kappa shape index (κ2) is 8.78. The second-order valence-electron chi connectivity index (χ2n) is 7.68. The molecule has 154 valence electrons. The Morgan fingerprint density at radius 3 is 2.61 bits per heavy atom. The number of rotatable bonds is 6. The van der Waals surface area contributed by atoms with E-state index in [-0.39, 0.29) is 0 Å². The Morgan fingerprint density at radius 2 is 1.74 bits per heavy atom. The van der Waals surface area contributed by atoms with Crippen molar-refractivity contribution in [3.8, 4) is 11.4 Å². The average Bonchev–Trinajstić information content (AvgIpc) is 3.14. The second-order valence-corrected chi connectivity index (χ2v) is 9.28. The minimum atomic E-state index is 0.720. The first-order valence-electron chi connectivity index (χ1n) is 10.6. The van der Waals surface area contributed by atoms with Gasteiger partial charge in [-0.2, -0.15) is 0 Å². The number of aromatic nitrogens is 2. The van der Waals surface area contributed by atoms with Crippen LogP contribution < -0.4 is 0 Å². The molecule has 2 nitrogen and oxygen atoms in total. The number of halogens is 1. The van der Waals surface area contributed by atoms with Gasteiger partial charge in [0.2, 0.25) is 0 Å². The minimum Gasteiger partial charge on any atom is -0.319 e. The molecule has 31 heavy (non-hydrogen) atoms. The fraction of sp³-hybridized carbons (Fsp3) is 0.148. The molecule has 0 bridgehead atoms. The zero-order valence-electron chi connectivity index (χ0n) is 17.4. The molecular formula is C27H23ClN2S. The smallest absolute Gasteiger partial charge is 0.142 e. The van der Waals surface area contributed by atoms with Crippen LogP contribution in [0.2, 0.25) is 5.02 Å². The summed E-state index contributed by atoms with van der Waals surface area (Å²) < 4.78 is 2.33. The van der Waals surface area contributed by atoms with E-state index in [0.717, 1.165) is 46.2 Å². The molecule has 0 atom stereocenters. The number of hydrogen-bond acceptors (Lipinski definition) is 2. The number of fused-ring (bicyclic) bond motifs is 2. The minimum absolute atomic E-state index is 0.720. The molecule has 0 unspecified atom stereocenters. The molecule has 0 N–H and O–H groups in total. The van der Waals surface area contributed by atoms with Crippen molar-refractivity contribution in [3.63, 3.8) is 0 Å². The summed E-state index contributed by atoms with van der Waals surface area (Å²) in [6, 6.07) is 29.7. The molecule has 5 aromatic rings. The molecule has 0 fully saturated rings. The first-order chi connectivity index (χ1) is 15.2. The molecule has 0 saturated carbocycles. The van der Waals surface area contributed by atoms with E-state index in [2.05, 4.69) is 78.2 Å². The van der Waals surface area contributed by atoms with Gasteiger partial charge in [-0.05, 0) is 58.8 Å². The molecule has 1 aromatic heterocycles. The van der Waals surface area contributed by atoms with Crippen molar-refractivity contribution < 1.29 is 0 Å². The number of imidazole rings is 1. The SMILES string of the molecule is CCCSc1ccc2nc(-c3cccc4ccccc34)n(Cc3cccc(Cl)c3)c2c1. The van der Waals surface area contributed by atoms with Crippen molar-refractivity contribution in [1.82, 2.24) is 9.55 Å². The number of hydrogen-bond donors (Lipinski definition) is 0. The van der Waals surface area contributed by atoms with Crippen LogP contribution in [0.25, 0.3) is 33.2 Å². The standard InChI is InChI=1S/C27H23ClN2S/c1-2-15-31-22-13-14-25-26(17-22)30(18-19-7-5-10-21(28)16-19)27(29-25)24-12-6-9-20-8-3-4-11-23(20)24/h3-14,16-17H,2,15,18H2,1H3. The van der Waals surface area contributed by atoms with Gasteiger partial charge in [0.1, 0.15) is 5.82 Å². The van der Waals surface area contributed by atoms with E-state index in [4.69, 9.17) is 16.6 Å². The molecule has 0 aliphatic carbocycles. The largest absolute Gasteiger partial charge is 0.319 e. The van der Waals surface area contributed by atoms with Crippen LogP contribution in [0.4, 0.5) is 0 Å². The molecule has 4 aromatic carbocycles. The number of benzene rings is 4. The third-order valence-corrected chi connectivity index (χ3v) is 6.89. The third-order valence-electron chi connectivity index (χ3n) is 5.45. The Bertz CT molecular complexity index is 1370. The molecule has 0 aliphatic rings. The first-order valence-corrected chi connectivity index (χ1v) is 11.9. The van der Waals surface area contributed by atoms with Crippen LogP contribution in [0.1, 0.15) is 18.9 Å². The summed E-state index contributed by atoms with van der Waals surface area (Å²) >= 11 is 8.19. The average molecular weight is 443 g/mol. The lowest BCUT2D eigenvalue weighted by Gasteiger charge is -2.12. The zero-order valence-corrected chi connectivity index (χ0v) is 19.0. The fourth-order valence-corrected chi connectivity index (χ4v) is 5.03. The Morgan fingerprint density at radius 1 is 0.903 bits per heavy atom. The Hall–Kier alpha value is -2.75. The maximum Gasteiger partial charge on any atom is 0.142 e. The quantitative estimate of drug-likeness (QED) is 0.247. The highest BCUT2D eigenvalue weighted by atomic mass is 35.5. The molecule has 1 heterocycles. The van der Waals surface area contributed by atoms with E-state index in [1.165, 1.54) is 21.2 Å². The van der Waals surface area contributed by atoms with Crippen molar-refractivity contribution in [2.45, 2.75) is 24.8 Å². The molecule has 0 aliphatic heterocycles. The van der Waals surface area contributed by atoms with Gasteiger partial charge < -0.3 is 4.57 Å². The summed E-state index contributed by atoms with van der Waals surface area (Å²) in [5, 5.41) is 3.20. The monoisotopic (exact) mass is 442 g/mol. The molecule has 0 spiro atoms. The van der Waals surface area contributed by atoms with Crippen LogP contribution in [-0.2, 0) is 6.54 Å². The predicted molar refractivity (Wildman–Crippen MR) is 134 cm³/mol. The summed E-state index contributed by atoms with van der Waals surface area (Å²) in [6.45, 7) is 2.94. The Balaban J connectivity index is 1.73. The lowest BCUT2D eigenvalue weighted by molar-refractivity contribution is 0.834. The van der Waals surface area contributed by atoms with Gasteiger partial charge in [-0.1, -0.05) is 73.1 Å². The van der Waals surface area contributed by atoms with Crippen LogP contribution in [0.5, 0.6) is 0 Å². The molecule has 0 saturated heterocycles. The highest BCUT2D eigenvalue weighted by Gasteiger charge is 2.16. The topological polar surface area (TPSA) is 17.8 Å². The van der Waals surface area contributed by atoms with E-state index in [0.29, 0.717) is 0 Å². The highest BCUT2D eigenvalue weighted by Crippen LogP contribution is 2.33. The van der Waals surface area contributed by atoms with Crippen molar-refractivity contribution >= 4 is 45.2 Å². The molecular weight excluding hydrogens is 420 g/mol. The van der Waals surface area contributed by atoms with Crippen LogP contribution in [0.15, 0.2) is 89.8 Å². The van der Waals surface area contributed by atoms with Gasteiger partial charge in [0.15, 0.2) is 0 Å². The van der Waals surface area contributed by atoms with E-state index >= 15 is 0 Å². The third kappa shape index (κ3) is 4.08. The van der Waals surface area contributed by atoms with Gasteiger partial charge in [0.05, 0.1) is 11.0 Å². The summed E-state index contributed by atoms with van der Waals surface area (Å²) in [6.07, 6.45) is 1.16. The van der Waals surface area contributed by atoms with Crippen LogP contribution in [-0.4, -0.2) is 15.3 Å². The van der Waals surface area contributed by atoms with E-state index in [9.17, 15) is 0 Å². The van der Waals surface area contributed by atoms with Crippen molar-refractivity contribution in [1.29, 1.82) is 0 Å². The highest BCUT2D eigenvalue weighted by molar-refractivity contribution is 7.99. The van der Waals surface area contributed by atoms with Crippen molar-refractivity contribution in [2.75, 3.05) is 5.75 Å². The Kier molecular flexibility index (Phi) is 5.71. The predicted octanol–water partition coefficient (Wildman–Crippen LogP) is 8.06. The van der Waals surface area contributed by atoms with Gasteiger partial charge in [0.25, 0.3) is 0 Å². The molecule has 5 rings (SSSR count). The summed E-state index contributed by atoms with van der Waals surface area (Å²) in [5.41, 5.74) is 4.49. The van der Waals surface area contributed by atoms with Crippen LogP contribution in [0, 0.1) is 0 Å². The van der Waals surface area contributed by atoms with Crippen molar-refractivity contribution in [2.24, 2.45) is 0 Å². The summed E-state index contributed by atoms with van der Waals surface area (Å²) in [7, 11) is 0. The van der Waals surface area contributed by atoms with E-state index in [1.807, 2.05) is 30.0 Å². The number of thioether (sulfide) groups is 1. The zero-order chi connectivity index (χ0) is 21.2. The molecule has 4 heteroatoms. The normalized spacial score (nSPS) is 11.4. The molecule has 0 radical (unpaired) electrons. The van der Waals surface area contributed by atoms with E-state index in [1.54, 1.807) is 0 Å². The fourth-order valence-electron chi connectivity index (χ4n) is 4.02.